The number of carbonyl (C=O) groups excluding carboxylic acids is 2. The van der Waals surface area contributed by atoms with Crippen molar-refractivity contribution in [1.82, 2.24) is 0 Å². The zero-order valence-corrected chi connectivity index (χ0v) is 18.3. The van der Waals surface area contributed by atoms with Crippen LogP contribution in [-0.4, -0.2) is 27.2 Å². The normalized spacial score (nSPS) is 10.9. The number of hydrogen-bond donors (Lipinski definition) is 2. The summed E-state index contributed by atoms with van der Waals surface area (Å²) in [6, 6.07) is 16.6. The molecule has 0 fully saturated rings. The molecule has 160 valence electrons. The minimum atomic E-state index is -4.02. The average molecular weight is 459 g/mol. The molecule has 7 nitrogen and oxygen atoms in total. The molecule has 3 aromatic carbocycles. The van der Waals surface area contributed by atoms with Gasteiger partial charge in [-0.1, -0.05) is 29.8 Å². The number of nitrogens with one attached hydrogen (secondary N) is 2. The van der Waals surface area contributed by atoms with Crippen LogP contribution in [0, 0.1) is 0 Å². The molecule has 0 aliphatic heterocycles. The van der Waals surface area contributed by atoms with Crippen LogP contribution in [0.3, 0.4) is 0 Å². The van der Waals surface area contributed by atoms with Crippen LogP contribution in [0.1, 0.15) is 27.6 Å². The predicted octanol–water partition coefficient (Wildman–Crippen LogP) is 4.60. The summed E-state index contributed by atoms with van der Waals surface area (Å²) in [6.45, 7) is 1.43. The molecule has 0 bridgehead atoms. The minimum Gasteiger partial charge on any atom is -0.495 e. The first-order valence-electron chi connectivity index (χ1n) is 9.08. The number of methoxy groups -OCH3 is 1. The standard InChI is InChI=1S/C22H19ClN2O5S/c1-14(26)15-5-3-7-18(11-15)24-22(27)16-6-4-8-19(12-16)31(28,29)25-20-13-17(23)9-10-21(20)30-2/h3-13,25H,1-2H3,(H,24,27). The molecule has 0 aliphatic carbocycles. The van der Waals surface area contributed by atoms with Crippen LogP contribution in [-0.2, 0) is 10.0 Å². The largest absolute Gasteiger partial charge is 0.495 e. The molecule has 0 heterocycles. The van der Waals surface area contributed by atoms with Crippen molar-refractivity contribution in [2.45, 2.75) is 11.8 Å². The fraction of sp³-hybridized carbons (Fsp3) is 0.0909. The molecule has 3 rings (SSSR count). The lowest BCUT2D eigenvalue weighted by atomic mass is 10.1. The van der Waals surface area contributed by atoms with E-state index >= 15 is 0 Å². The van der Waals surface area contributed by atoms with E-state index in [0.717, 1.165) is 0 Å². The number of sulfonamides is 1. The van der Waals surface area contributed by atoms with Crippen LogP contribution in [0.25, 0.3) is 0 Å². The van der Waals surface area contributed by atoms with Gasteiger partial charge in [0.15, 0.2) is 5.78 Å². The highest BCUT2D eigenvalue weighted by Crippen LogP contribution is 2.30. The van der Waals surface area contributed by atoms with Crippen molar-refractivity contribution in [3.63, 3.8) is 0 Å². The molecule has 0 saturated heterocycles. The Morgan fingerprint density at radius 3 is 2.35 bits per heavy atom. The number of benzene rings is 3. The van der Waals surface area contributed by atoms with E-state index in [-0.39, 0.29) is 21.9 Å². The highest BCUT2D eigenvalue weighted by Gasteiger charge is 2.19. The summed E-state index contributed by atoms with van der Waals surface area (Å²) < 4.78 is 33.3. The first kappa shape index (κ1) is 22.3. The lowest BCUT2D eigenvalue weighted by molar-refractivity contribution is 0.101. The molecule has 0 atom stereocenters. The second kappa shape index (κ2) is 9.20. The number of hydrogen-bond acceptors (Lipinski definition) is 5. The molecule has 2 N–H and O–H groups in total. The molecular formula is C22H19ClN2O5S. The van der Waals surface area contributed by atoms with Gasteiger partial charge in [-0.05, 0) is 55.5 Å². The zero-order valence-electron chi connectivity index (χ0n) is 16.7. The van der Waals surface area contributed by atoms with Gasteiger partial charge in [-0.15, -0.1) is 0 Å². The van der Waals surface area contributed by atoms with Crippen LogP contribution in [0.15, 0.2) is 71.6 Å². The molecule has 0 saturated carbocycles. The van der Waals surface area contributed by atoms with Gasteiger partial charge in [-0.2, -0.15) is 0 Å². The summed E-state index contributed by atoms with van der Waals surface area (Å²) in [6.07, 6.45) is 0. The van der Waals surface area contributed by atoms with Crippen molar-refractivity contribution >= 4 is 44.7 Å². The van der Waals surface area contributed by atoms with Gasteiger partial charge in [0.1, 0.15) is 5.75 Å². The van der Waals surface area contributed by atoms with E-state index in [0.29, 0.717) is 22.0 Å². The Labute approximate surface area is 185 Å². The van der Waals surface area contributed by atoms with Crippen molar-refractivity contribution in [3.05, 3.63) is 82.9 Å². The molecule has 3 aromatic rings. The fourth-order valence-corrected chi connectivity index (χ4v) is 4.07. The quantitative estimate of drug-likeness (QED) is 0.503. The Balaban J connectivity index is 1.85. The number of Topliss-reactive ketones (excluding diaryl/α,β-unsaturated/α-hetero) is 1. The number of halogens is 1. The fourth-order valence-electron chi connectivity index (χ4n) is 2.79. The molecule has 0 aliphatic rings. The van der Waals surface area contributed by atoms with E-state index in [1.807, 2.05) is 0 Å². The molecule has 1 amide bonds. The summed E-state index contributed by atoms with van der Waals surface area (Å²) in [5.41, 5.74) is 1.18. The van der Waals surface area contributed by atoms with Gasteiger partial charge in [0.25, 0.3) is 15.9 Å². The first-order valence-corrected chi connectivity index (χ1v) is 10.9. The lowest BCUT2D eigenvalue weighted by Gasteiger charge is -2.13. The van der Waals surface area contributed by atoms with Crippen LogP contribution in [0.5, 0.6) is 5.75 Å². The van der Waals surface area contributed by atoms with Gasteiger partial charge in [0.05, 0.1) is 17.7 Å². The first-order chi connectivity index (χ1) is 14.7. The molecule has 0 aromatic heterocycles. The third-order valence-electron chi connectivity index (χ3n) is 4.34. The summed E-state index contributed by atoms with van der Waals surface area (Å²) in [5.74, 6) is -0.350. The Morgan fingerprint density at radius 2 is 1.65 bits per heavy atom. The maximum Gasteiger partial charge on any atom is 0.262 e. The van der Waals surface area contributed by atoms with Crippen molar-refractivity contribution in [2.75, 3.05) is 17.1 Å². The number of amides is 1. The Bertz CT molecular complexity index is 1260. The van der Waals surface area contributed by atoms with Crippen molar-refractivity contribution in [1.29, 1.82) is 0 Å². The van der Waals surface area contributed by atoms with E-state index in [1.54, 1.807) is 36.4 Å². The van der Waals surface area contributed by atoms with Gasteiger partial charge < -0.3 is 10.1 Å². The molecule has 0 unspecified atom stereocenters. The second-order valence-corrected chi connectivity index (χ2v) is 8.69. The molecule has 0 radical (unpaired) electrons. The number of anilines is 2. The summed E-state index contributed by atoms with van der Waals surface area (Å²) in [7, 11) is -2.61. The van der Waals surface area contributed by atoms with Crippen LogP contribution in [0.4, 0.5) is 11.4 Å². The summed E-state index contributed by atoms with van der Waals surface area (Å²) in [5, 5.41) is 3.00. The monoisotopic (exact) mass is 458 g/mol. The van der Waals surface area contributed by atoms with Gasteiger partial charge >= 0.3 is 0 Å². The summed E-state index contributed by atoms with van der Waals surface area (Å²) in [4.78, 5) is 24.0. The van der Waals surface area contributed by atoms with Gasteiger partial charge in [-0.3, -0.25) is 14.3 Å². The Hall–Kier alpha value is -3.36. The zero-order chi connectivity index (χ0) is 22.6. The smallest absolute Gasteiger partial charge is 0.262 e. The third-order valence-corrected chi connectivity index (χ3v) is 5.94. The Kier molecular flexibility index (Phi) is 6.62. The van der Waals surface area contributed by atoms with E-state index in [2.05, 4.69) is 10.0 Å². The summed E-state index contributed by atoms with van der Waals surface area (Å²) >= 11 is 5.96. The van der Waals surface area contributed by atoms with Crippen LogP contribution in [0.2, 0.25) is 5.02 Å². The van der Waals surface area contributed by atoms with Gasteiger partial charge in [0, 0.05) is 21.8 Å². The SMILES string of the molecule is COc1ccc(Cl)cc1NS(=O)(=O)c1cccc(C(=O)Nc2cccc(C(C)=O)c2)c1. The van der Waals surface area contributed by atoms with E-state index in [4.69, 9.17) is 16.3 Å². The highest BCUT2D eigenvalue weighted by molar-refractivity contribution is 7.92. The van der Waals surface area contributed by atoms with E-state index in [1.165, 1.54) is 44.4 Å². The third kappa shape index (κ3) is 5.42. The van der Waals surface area contributed by atoms with E-state index in [9.17, 15) is 18.0 Å². The number of carbonyl (C=O) groups is 2. The van der Waals surface area contributed by atoms with Crippen molar-refractivity contribution < 1.29 is 22.7 Å². The maximum atomic E-state index is 12.9. The number of rotatable bonds is 7. The minimum absolute atomic E-state index is 0.111. The lowest BCUT2D eigenvalue weighted by Crippen LogP contribution is -2.16. The molecule has 31 heavy (non-hydrogen) atoms. The predicted molar refractivity (Wildman–Crippen MR) is 120 cm³/mol. The number of ether oxygens (including phenoxy) is 1. The van der Waals surface area contributed by atoms with Crippen LogP contribution >= 0.6 is 11.6 Å². The highest BCUT2D eigenvalue weighted by atomic mass is 35.5. The van der Waals surface area contributed by atoms with Crippen molar-refractivity contribution in [2.24, 2.45) is 0 Å². The second-order valence-electron chi connectivity index (χ2n) is 6.57. The Morgan fingerprint density at radius 1 is 0.935 bits per heavy atom. The average Bonchev–Trinajstić information content (AvgIpc) is 2.74. The molecular weight excluding hydrogens is 440 g/mol. The van der Waals surface area contributed by atoms with Crippen molar-refractivity contribution in [3.8, 4) is 5.75 Å². The molecule has 9 heteroatoms. The number of ketones is 1. The van der Waals surface area contributed by atoms with Crippen LogP contribution < -0.4 is 14.8 Å². The topological polar surface area (TPSA) is 102 Å². The van der Waals surface area contributed by atoms with E-state index < -0.39 is 15.9 Å². The van der Waals surface area contributed by atoms with Gasteiger partial charge in [-0.25, -0.2) is 8.42 Å². The maximum absolute atomic E-state index is 12.9. The van der Waals surface area contributed by atoms with Gasteiger partial charge in [0.2, 0.25) is 0 Å². The molecule has 0 spiro atoms.